The number of aromatic nitrogens is 2. The van der Waals surface area contributed by atoms with Gasteiger partial charge in [0.25, 0.3) is 0 Å². The number of nitrogens with one attached hydrogen (secondary N) is 1. The number of aryl methyl sites for hydroxylation is 1. The molecule has 2 rings (SSSR count). The molecule has 6 heteroatoms. The fourth-order valence-electron chi connectivity index (χ4n) is 1.44. The van der Waals surface area contributed by atoms with Crippen LogP contribution in [0.5, 0.6) is 0 Å². The fourth-order valence-corrected chi connectivity index (χ4v) is 1.44. The van der Waals surface area contributed by atoms with Crippen molar-refractivity contribution >= 4 is 11.6 Å². The van der Waals surface area contributed by atoms with Gasteiger partial charge < -0.3 is 5.73 Å². The molecular weight excluding hydrogens is 228 g/mol. The summed E-state index contributed by atoms with van der Waals surface area (Å²) in [5.74, 6) is -2.88. The van der Waals surface area contributed by atoms with Gasteiger partial charge in [-0.15, -0.1) is 0 Å². The summed E-state index contributed by atoms with van der Waals surface area (Å²) in [6, 6.07) is 2.56. The van der Waals surface area contributed by atoms with E-state index in [1.54, 1.807) is 0 Å². The Kier molecular flexibility index (Phi) is 2.63. The highest BCUT2D eigenvalue weighted by molar-refractivity contribution is 6.11. The highest BCUT2D eigenvalue weighted by Gasteiger charge is 2.21. The first kappa shape index (κ1) is 11.3. The normalized spacial score (nSPS) is 10.5. The molecule has 0 radical (unpaired) electrons. The van der Waals surface area contributed by atoms with Crippen LogP contribution in [0.2, 0.25) is 0 Å². The molecule has 0 aliphatic heterocycles. The maximum atomic E-state index is 13.6. The van der Waals surface area contributed by atoms with Crippen molar-refractivity contribution in [2.75, 3.05) is 5.73 Å². The van der Waals surface area contributed by atoms with Gasteiger partial charge in [0.1, 0.15) is 5.82 Å². The second-order valence-electron chi connectivity index (χ2n) is 3.58. The van der Waals surface area contributed by atoms with Crippen molar-refractivity contribution in [3.05, 3.63) is 46.7 Å². The van der Waals surface area contributed by atoms with Crippen LogP contribution >= 0.6 is 0 Å². The van der Waals surface area contributed by atoms with Gasteiger partial charge in [-0.3, -0.25) is 9.89 Å². The Hall–Kier alpha value is -2.24. The van der Waals surface area contributed by atoms with Gasteiger partial charge in [-0.1, -0.05) is 6.07 Å². The van der Waals surface area contributed by atoms with Gasteiger partial charge >= 0.3 is 0 Å². The molecule has 0 aliphatic carbocycles. The Morgan fingerprint density at radius 3 is 2.59 bits per heavy atom. The summed E-state index contributed by atoms with van der Waals surface area (Å²) in [4.78, 5) is 11.9. The minimum absolute atomic E-state index is 0.0205. The Morgan fingerprint density at radius 1 is 1.29 bits per heavy atom. The SMILES string of the molecule is Cc1ccc(C(=O)c2cn[nH]c2N)c(F)c1F. The average molecular weight is 237 g/mol. The van der Waals surface area contributed by atoms with Crippen LogP contribution in [0.3, 0.4) is 0 Å². The molecule has 0 amide bonds. The molecule has 0 saturated heterocycles. The van der Waals surface area contributed by atoms with Crippen molar-refractivity contribution in [1.29, 1.82) is 0 Å². The number of benzene rings is 1. The fraction of sp³-hybridized carbons (Fsp3) is 0.0909. The first-order valence-electron chi connectivity index (χ1n) is 4.80. The van der Waals surface area contributed by atoms with Crippen LogP contribution in [0.15, 0.2) is 18.3 Å². The van der Waals surface area contributed by atoms with E-state index in [4.69, 9.17) is 5.73 Å². The molecular formula is C11H9F2N3O. The van der Waals surface area contributed by atoms with Crippen LogP contribution in [0.25, 0.3) is 0 Å². The van der Waals surface area contributed by atoms with E-state index in [1.165, 1.54) is 25.3 Å². The van der Waals surface area contributed by atoms with Crippen molar-refractivity contribution in [2.24, 2.45) is 0 Å². The third kappa shape index (κ3) is 1.77. The quantitative estimate of drug-likeness (QED) is 0.782. The molecule has 4 nitrogen and oxygen atoms in total. The largest absolute Gasteiger partial charge is 0.383 e. The number of nitrogens with two attached hydrogens (primary N) is 1. The van der Waals surface area contributed by atoms with Gasteiger partial charge in [0.2, 0.25) is 5.78 Å². The van der Waals surface area contributed by atoms with Crippen molar-refractivity contribution in [3.8, 4) is 0 Å². The number of aromatic amines is 1. The molecule has 2 aromatic rings. The van der Waals surface area contributed by atoms with E-state index < -0.39 is 17.4 Å². The summed E-state index contributed by atoms with van der Waals surface area (Å²) in [6.45, 7) is 1.42. The zero-order valence-corrected chi connectivity index (χ0v) is 8.92. The minimum Gasteiger partial charge on any atom is -0.383 e. The van der Waals surface area contributed by atoms with Gasteiger partial charge in [0.15, 0.2) is 11.6 Å². The lowest BCUT2D eigenvalue weighted by molar-refractivity contribution is 0.103. The maximum Gasteiger partial charge on any atom is 0.201 e. The number of halogens is 2. The average Bonchev–Trinajstić information content (AvgIpc) is 2.72. The molecule has 0 fully saturated rings. The van der Waals surface area contributed by atoms with E-state index in [0.717, 1.165) is 0 Å². The van der Waals surface area contributed by atoms with Gasteiger partial charge in [-0.25, -0.2) is 8.78 Å². The molecule has 0 unspecified atom stereocenters. The minimum atomic E-state index is -1.17. The number of H-pyrrole nitrogens is 1. The summed E-state index contributed by atoms with van der Waals surface area (Å²) in [5, 5.41) is 5.91. The number of nitrogen functional groups attached to an aromatic ring is 1. The van der Waals surface area contributed by atoms with Gasteiger partial charge in [0.05, 0.1) is 17.3 Å². The number of nitrogens with zero attached hydrogens (tertiary/aromatic N) is 1. The van der Waals surface area contributed by atoms with Crippen LogP contribution in [0, 0.1) is 18.6 Å². The standard InChI is InChI=1S/C11H9F2N3O/c1-5-2-3-6(9(13)8(5)12)10(17)7-4-15-16-11(7)14/h2-4H,1H3,(H3,14,15,16). The molecule has 17 heavy (non-hydrogen) atoms. The third-order valence-electron chi connectivity index (χ3n) is 2.43. The second-order valence-corrected chi connectivity index (χ2v) is 3.58. The first-order valence-corrected chi connectivity index (χ1v) is 4.80. The van der Waals surface area contributed by atoms with Crippen LogP contribution in [-0.4, -0.2) is 16.0 Å². The number of ketones is 1. The molecule has 1 aromatic heterocycles. The maximum absolute atomic E-state index is 13.6. The van der Waals surface area contributed by atoms with Gasteiger partial charge in [-0.2, -0.15) is 5.10 Å². The topological polar surface area (TPSA) is 71.8 Å². The Morgan fingerprint density at radius 2 is 2.00 bits per heavy atom. The summed E-state index contributed by atoms with van der Waals surface area (Å²) in [7, 11) is 0. The lowest BCUT2D eigenvalue weighted by Crippen LogP contribution is -2.08. The highest BCUT2D eigenvalue weighted by atomic mass is 19.2. The highest BCUT2D eigenvalue weighted by Crippen LogP contribution is 2.20. The lowest BCUT2D eigenvalue weighted by atomic mass is 10.0. The van der Waals surface area contributed by atoms with Crippen LogP contribution < -0.4 is 5.73 Å². The Balaban J connectivity index is 2.53. The van der Waals surface area contributed by atoms with Crippen LogP contribution in [0.4, 0.5) is 14.6 Å². The number of hydrogen-bond donors (Lipinski definition) is 2. The molecule has 0 atom stereocenters. The molecule has 0 saturated carbocycles. The second kappa shape index (κ2) is 3.97. The Labute approximate surface area is 95.4 Å². The molecule has 3 N–H and O–H groups in total. The summed E-state index contributed by atoms with van der Waals surface area (Å²) < 4.78 is 26.9. The van der Waals surface area contributed by atoms with Gasteiger partial charge in [-0.05, 0) is 18.6 Å². The molecule has 0 spiro atoms. The van der Waals surface area contributed by atoms with Crippen LogP contribution in [-0.2, 0) is 0 Å². The van der Waals surface area contributed by atoms with Crippen molar-refractivity contribution < 1.29 is 13.6 Å². The van der Waals surface area contributed by atoms with E-state index in [9.17, 15) is 13.6 Å². The van der Waals surface area contributed by atoms with Crippen molar-refractivity contribution in [3.63, 3.8) is 0 Å². The lowest BCUT2D eigenvalue weighted by Gasteiger charge is -2.04. The zero-order chi connectivity index (χ0) is 12.6. The number of anilines is 1. The number of rotatable bonds is 2. The predicted octanol–water partition coefficient (Wildman–Crippen LogP) is 1.81. The molecule has 0 bridgehead atoms. The molecule has 1 aromatic carbocycles. The van der Waals surface area contributed by atoms with Gasteiger partial charge in [0, 0.05) is 0 Å². The number of carbonyl (C=O) groups is 1. The van der Waals surface area contributed by atoms with E-state index in [2.05, 4.69) is 10.2 Å². The number of hydrogen-bond acceptors (Lipinski definition) is 3. The first-order chi connectivity index (χ1) is 8.02. The Bertz CT molecular complexity index is 592. The van der Waals surface area contributed by atoms with E-state index in [0.29, 0.717) is 0 Å². The zero-order valence-electron chi connectivity index (χ0n) is 8.92. The molecule has 1 heterocycles. The third-order valence-corrected chi connectivity index (χ3v) is 2.43. The molecule has 88 valence electrons. The van der Waals surface area contributed by atoms with E-state index >= 15 is 0 Å². The van der Waals surface area contributed by atoms with Crippen molar-refractivity contribution in [2.45, 2.75) is 6.92 Å². The summed E-state index contributed by atoms with van der Waals surface area (Å²) in [5.41, 5.74) is 5.24. The summed E-state index contributed by atoms with van der Waals surface area (Å²) in [6.07, 6.45) is 1.18. The van der Waals surface area contributed by atoms with E-state index in [-0.39, 0.29) is 22.5 Å². The van der Waals surface area contributed by atoms with E-state index in [1.807, 2.05) is 0 Å². The monoisotopic (exact) mass is 237 g/mol. The van der Waals surface area contributed by atoms with Crippen LogP contribution in [0.1, 0.15) is 21.5 Å². The number of carbonyl (C=O) groups excluding carboxylic acids is 1. The smallest absolute Gasteiger partial charge is 0.201 e. The molecule has 0 aliphatic rings. The summed E-state index contributed by atoms with van der Waals surface area (Å²) >= 11 is 0. The van der Waals surface area contributed by atoms with Crippen molar-refractivity contribution in [1.82, 2.24) is 10.2 Å². The predicted molar refractivity (Wildman–Crippen MR) is 57.5 cm³/mol.